The lowest BCUT2D eigenvalue weighted by molar-refractivity contribution is 0.266. The van der Waals surface area contributed by atoms with E-state index in [2.05, 4.69) is 33.0 Å². The van der Waals surface area contributed by atoms with Crippen molar-refractivity contribution in [2.75, 3.05) is 13.1 Å². The number of nitrogens with one attached hydrogen (secondary N) is 1. The van der Waals surface area contributed by atoms with Gasteiger partial charge in [0.15, 0.2) is 0 Å². The monoisotopic (exact) mass is 214 g/mol. The molecule has 0 amide bonds. The molecule has 0 rings (SSSR count). The highest BCUT2D eigenvalue weighted by Crippen LogP contribution is 2.19. The fourth-order valence-corrected chi connectivity index (χ4v) is 2.20. The summed E-state index contributed by atoms with van der Waals surface area (Å²) in [6.45, 7) is 11.0. The van der Waals surface area contributed by atoms with Crippen LogP contribution >= 0.6 is 0 Å². The second-order valence-corrected chi connectivity index (χ2v) is 4.61. The molecule has 0 aliphatic carbocycles. The Labute approximate surface area is 96.0 Å². The van der Waals surface area contributed by atoms with Crippen molar-refractivity contribution >= 4 is 0 Å². The third kappa shape index (κ3) is 4.98. The summed E-state index contributed by atoms with van der Waals surface area (Å²) >= 11 is 0. The second-order valence-electron chi connectivity index (χ2n) is 4.61. The lowest BCUT2D eigenvalue weighted by Crippen LogP contribution is -2.46. The van der Waals surface area contributed by atoms with Crippen molar-refractivity contribution in [3.05, 3.63) is 0 Å². The Balaban J connectivity index is 4.06. The third-order valence-electron chi connectivity index (χ3n) is 3.83. The highest BCUT2D eigenvalue weighted by Gasteiger charge is 2.23. The van der Waals surface area contributed by atoms with Gasteiger partial charge in [-0.25, -0.2) is 0 Å². The number of hydrogen-bond donors (Lipinski definition) is 2. The molecule has 0 aromatic rings. The molecule has 2 heteroatoms. The van der Waals surface area contributed by atoms with E-state index in [9.17, 15) is 0 Å². The second kappa shape index (κ2) is 8.12. The maximum absolute atomic E-state index is 5.77. The van der Waals surface area contributed by atoms with Crippen molar-refractivity contribution < 1.29 is 0 Å². The first-order chi connectivity index (χ1) is 7.17. The van der Waals surface area contributed by atoms with E-state index >= 15 is 0 Å². The third-order valence-corrected chi connectivity index (χ3v) is 3.83. The van der Waals surface area contributed by atoms with E-state index in [0.717, 1.165) is 13.1 Å². The van der Waals surface area contributed by atoms with Crippen molar-refractivity contribution in [3.8, 4) is 0 Å². The topological polar surface area (TPSA) is 38.0 Å². The summed E-state index contributed by atoms with van der Waals surface area (Å²) in [6, 6.07) is 0. The Morgan fingerprint density at radius 3 is 1.93 bits per heavy atom. The van der Waals surface area contributed by atoms with Gasteiger partial charge in [-0.2, -0.15) is 0 Å². The van der Waals surface area contributed by atoms with E-state index in [1.807, 2.05) is 0 Å². The maximum atomic E-state index is 5.77. The molecule has 2 nitrogen and oxygen atoms in total. The fourth-order valence-electron chi connectivity index (χ4n) is 2.20. The summed E-state index contributed by atoms with van der Waals surface area (Å²) < 4.78 is 0. The van der Waals surface area contributed by atoms with Crippen LogP contribution in [0.4, 0.5) is 0 Å². The first-order valence-corrected chi connectivity index (χ1v) is 6.63. The molecule has 0 fully saturated rings. The zero-order valence-electron chi connectivity index (χ0n) is 11.1. The molecule has 0 aliphatic heterocycles. The van der Waals surface area contributed by atoms with Gasteiger partial charge in [-0.15, -0.1) is 0 Å². The molecule has 0 aliphatic rings. The normalized spacial score (nSPS) is 14.2. The molecule has 92 valence electrons. The van der Waals surface area contributed by atoms with Crippen molar-refractivity contribution in [2.24, 2.45) is 11.7 Å². The molecule has 1 atom stereocenters. The summed E-state index contributed by atoms with van der Waals surface area (Å²) in [5, 5.41) is 3.74. The van der Waals surface area contributed by atoms with Gasteiger partial charge >= 0.3 is 0 Å². The van der Waals surface area contributed by atoms with Crippen molar-refractivity contribution in [1.29, 1.82) is 0 Å². The smallest absolute Gasteiger partial charge is 0.0173 e. The van der Waals surface area contributed by atoms with E-state index in [1.54, 1.807) is 0 Å². The SMILES string of the molecule is CCCC(CN)CNC(CC)(CC)CC. The van der Waals surface area contributed by atoms with E-state index < -0.39 is 0 Å². The van der Waals surface area contributed by atoms with Gasteiger partial charge in [-0.3, -0.25) is 0 Å². The summed E-state index contributed by atoms with van der Waals surface area (Å²) in [6.07, 6.45) is 6.12. The molecule has 15 heavy (non-hydrogen) atoms. The van der Waals surface area contributed by atoms with E-state index in [-0.39, 0.29) is 0 Å². The highest BCUT2D eigenvalue weighted by molar-refractivity contribution is 4.84. The van der Waals surface area contributed by atoms with Gasteiger partial charge in [0.25, 0.3) is 0 Å². The van der Waals surface area contributed by atoms with Crippen LogP contribution in [0.2, 0.25) is 0 Å². The minimum absolute atomic E-state index is 0.348. The minimum Gasteiger partial charge on any atom is -0.330 e. The van der Waals surface area contributed by atoms with Gasteiger partial charge in [0.05, 0.1) is 0 Å². The number of nitrogens with two attached hydrogens (primary N) is 1. The lowest BCUT2D eigenvalue weighted by atomic mass is 9.89. The van der Waals surface area contributed by atoms with Crippen LogP contribution in [0.15, 0.2) is 0 Å². The molecule has 0 bridgehead atoms. The molecule has 1 unspecified atom stereocenters. The van der Waals surface area contributed by atoms with Crippen LogP contribution in [-0.4, -0.2) is 18.6 Å². The molecule has 0 aromatic carbocycles. The number of rotatable bonds is 9. The van der Waals surface area contributed by atoms with Crippen LogP contribution in [-0.2, 0) is 0 Å². The van der Waals surface area contributed by atoms with Gasteiger partial charge in [-0.1, -0.05) is 34.1 Å². The van der Waals surface area contributed by atoms with Gasteiger partial charge in [-0.05, 0) is 44.7 Å². The Morgan fingerprint density at radius 1 is 1.07 bits per heavy atom. The molecule has 0 saturated heterocycles. The first-order valence-electron chi connectivity index (χ1n) is 6.63. The maximum Gasteiger partial charge on any atom is 0.0173 e. The minimum atomic E-state index is 0.348. The van der Waals surface area contributed by atoms with E-state index in [1.165, 1.54) is 32.1 Å². The Kier molecular flexibility index (Phi) is 8.07. The molecule has 0 spiro atoms. The average Bonchev–Trinajstić information content (AvgIpc) is 2.30. The van der Waals surface area contributed by atoms with Crippen LogP contribution in [0, 0.1) is 5.92 Å². The molecular formula is C13H30N2. The number of hydrogen-bond acceptors (Lipinski definition) is 2. The van der Waals surface area contributed by atoms with Crippen LogP contribution in [0.3, 0.4) is 0 Å². The van der Waals surface area contributed by atoms with Crippen molar-refractivity contribution in [2.45, 2.75) is 65.3 Å². The molecule has 0 saturated carbocycles. The summed E-state index contributed by atoms with van der Waals surface area (Å²) in [4.78, 5) is 0. The van der Waals surface area contributed by atoms with Gasteiger partial charge in [0, 0.05) is 5.54 Å². The standard InChI is InChI=1S/C13H30N2/c1-5-9-12(10-14)11-15-13(6-2,7-3)8-4/h12,15H,5-11,14H2,1-4H3. The van der Waals surface area contributed by atoms with Gasteiger partial charge in [0.2, 0.25) is 0 Å². The predicted octanol–water partition coefficient (Wildman–Crippen LogP) is 2.92. The van der Waals surface area contributed by atoms with Crippen LogP contribution in [0.5, 0.6) is 0 Å². The predicted molar refractivity (Wildman–Crippen MR) is 69.1 cm³/mol. The van der Waals surface area contributed by atoms with Crippen LogP contribution in [0.25, 0.3) is 0 Å². The largest absolute Gasteiger partial charge is 0.330 e. The molecule has 0 radical (unpaired) electrons. The van der Waals surface area contributed by atoms with Crippen molar-refractivity contribution in [3.63, 3.8) is 0 Å². The van der Waals surface area contributed by atoms with Gasteiger partial charge < -0.3 is 11.1 Å². The molecule has 0 aromatic heterocycles. The van der Waals surface area contributed by atoms with Gasteiger partial charge in [0.1, 0.15) is 0 Å². The zero-order chi connectivity index (χ0) is 11.7. The Morgan fingerprint density at radius 2 is 1.60 bits per heavy atom. The zero-order valence-corrected chi connectivity index (χ0v) is 11.1. The first kappa shape index (κ1) is 14.9. The molecular weight excluding hydrogens is 184 g/mol. The fraction of sp³-hybridized carbons (Fsp3) is 1.00. The Hall–Kier alpha value is -0.0800. The molecule has 3 N–H and O–H groups in total. The van der Waals surface area contributed by atoms with Crippen molar-refractivity contribution in [1.82, 2.24) is 5.32 Å². The van der Waals surface area contributed by atoms with Crippen LogP contribution < -0.4 is 11.1 Å². The van der Waals surface area contributed by atoms with E-state index in [0.29, 0.717) is 11.5 Å². The summed E-state index contributed by atoms with van der Waals surface area (Å²) in [5.41, 5.74) is 6.12. The Bertz CT molecular complexity index is 133. The summed E-state index contributed by atoms with van der Waals surface area (Å²) in [7, 11) is 0. The summed E-state index contributed by atoms with van der Waals surface area (Å²) in [5.74, 6) is 0.652. The molecule has 0 heterocycles. The average molecular weight is 214 g/mol. The van der Waals surface area contributed by atoms with E-state index in [4.69, 9.17) is 5.73 Å². The van der Waals surface area contributed by atoms with Crippen LogP contribution in [0.1, 0.15) is 59.8 Å². The quantitative estimate of drug-likeness (QED) is 0.619. The lowest BCUT2D eigenvalue weighted by Gasteiger charge is -2.33. The highest BCUT2D eigenvalue weighted by atomic mass is 15.0.